The van der Waals surface area contributed by atoms with Crippen LogP contribution < -0.4 is 0 Å². The van der Waals surface area contributed by atoms with Gasteiger partial charge in [-0.15, -0.1) is 0 Å². The van der Waals surface area contributed by atoms with E-state index in [0.29, 0.717) is 11.8 Å². The smallest absolute Gasteiger partial charge is 0.303 e. The van der Waals surface area contributed by atoms with Gasteiger partial charge in [0.15, 0.2) is 0 Å². The van der Waals surface area contributed by atoms with Gasteiger partial charge in [0.2, 0.25) is 0 Å². The van der Waals surface area contributed by atoms with Crippen LogP contribution in [0.2, 0.25) is 0 Å². The van der Waals surface area contributed by atoms with E-state index < -0.39 is 5.60 Å². The molecular formula is C29H44O3. The van der Waals surface area contributed by atoms with Crippen molar-refractivity contribution in [1.82, 2.24) is 0 Å². The molecule has 0 heterocycles. The van der Waals surface area contributed by atoms with Crippen LogP contribution in [0.15, 0.2) is 47.1 Å². The molecule has 0 radical (unpaired) electrons. The number of rotatable bonds is 7. The van der Waals surface area contributed by atoms with Crippen molar-refractivity contribution < 1.29 is 14.6 Å². The molecule has 0 bridgehead atoms. The average Bonchev–Trinajstić information content (AvgIpc) is 3.05. The van der Waals surface area contributed by atoms with E-state index in [0.717, 1.165) is 50.5 Å². The van der Waals surface area contributed by atoms with Crippen molar-refractivity contribution in [2.45, 2.75) is 111 Å². The Hall–Kier alpha value is -1.61. The topological polar surface area (TPSA) is 46.5 Å². The standard InChI is InChI=1S/C29H44O3/c1-20(10-8-18-28(4,5)31)25-16-17-26-24(12-9-19-29(25,26)6)15-14-23-11-7-13-27(21(23)2)32-22(3)30/h14-16,20,26-27,31H,2,7-13,17-19H2,1,3-6H3/b23-14-,24-15+/t20-,26?,27?,29?/m1/s1. The number of carbonyl (C=O) groups is 1. The van der Waals surface area contributed by atoms with Crippen LogP contribution in [0.1, 0.15) is 98.8 Å². The maximum absolute atomic E-state index is 11.4. The fourth-order valence-corrected chi connectivity index (χ4v) is 6.36. The van der Waals surface area contributed by atoms with Gasteiger partial charge in [-0.1, -0.05) is 56.2 Å². The number of hydrogen-bond acceptors (Lipinski definition) is 3. The lowest BCUT2D eigenvalue weighted by atomic mass is 9.62. The van der Waals surface area contributed by atoms with Gasteiger partial charge in [0, 0.05) is 6.92 Å². The molecule has 1 N–H and O–H groups in total. The van der Waals surface area contributed by atoms with Gasteiger partial charge in [0.05, 0.1) is 5.60 Å². The Kier molecular flexibility index (Phi) is 7.91. The molecule has 3 aliphatic rings. The van der Waals surface area contributed by atoms with Crippen LogP contribution in [-0.4, -0.2) is 22.8 Å². The lowest BCUT2D eigenvalue weighted by Crippen LogP contribution is -2.32. The first kappa shape index (κ1) is 25.0. The summed E-state index contributed by atoms with van der Waals surface area (Å²) in [4.78, 5) is 11.4. The van der Waals surface area contributed by atoms with E-state index in [1.165, 1.54) is 31.8 Å². The molecular weight excluding hydrogens is 396 g/mol. The number of aliphatic hydroxyl groups is 1. The Morgan fingerprint density at radius 1 is 1.34 bits per heavy atom. The van der Waals surface area contributed by atoms with Crippen molar-refractivity contribution in [3.05, 3.63) is 47.1 Å². The quantitative estimate of drug-likeness (QED) is 0.336. The number of allylic oxidation sites excluding steroid dienone is 5. The third-order valence-corrected chi connectivity index (χ3v) is 8.09. The van der Waals surface area contributed by atoms with Crippen molar-refractivity contribution in [1.29, 1.82) is 0 Å². The molecule has 2 saturated carbocycles. The van der Waals surface area contributed by atoms with Crippen molar-refractivity contribution in [3.63, 3.8) is 0 Å². The van der Waals surface area contributed by atoms with Crippen molar-refractivity contribution in [2.24, 2.45) is 17.3 Å². The van der Waals surface area contributed by atoms with E-state index >= 15 is 0 Å². The summed E-state index contributed by atoms with van der Waals surface area (Å²) in [6.07, 6.45) is 17.9. The Morgan fingerprint density at radius 2 is 2.09 bits per heavy atom. The molecule has 3 nitrogen and oxygen atoms in total. The molecule has 3 heteroatoms. The first-order chi connectivity index (χ1) is 15.0. The predicted octanol–water partition coefficient (Wildman–Crippen LogP) is 7.22. The third-order valence-electron chi connectivity index (χ3n) is 8.09. The molecule has 0 spiro atoms. The van der Waals surface area contributed by atoms with Gasteiger partial charge in [0.1, 0.15) is 6.10 Å². The first-order valence-electron chi connectivity index (χ1n) is 12.7. The molecule has 3 unspecified atom stereocenters. The summed E-state index contributed by atoms with van der Waals surface area (Å²) in [6.45, 7) is 14.4. The maximum atomic E-state index is 11.4. The van der Waals surface area contributed by atoms with Gasteiger partial charge < -0.3 is 9.84 Å². The lowest BCUT2D eigenvalue weighted by Gasteiger charge is -2.42. The van der Waals surface area contributed by atoms with Gasteiger partial charge in [-0.05, 0) is 100 Å². The lowest BCUT2D eigenvalue weighted by molar-refractivity contribution is -0.145. The minimum atomic E-state index is -0.567. The number of hydrogen-bond donors (Lipinski definition) is 1. The Bertz CT molecular complexity index is 807. The summed E-state index contributed by atoms with van der Waals surface area (Å²) in [5, 5.41) is 10.1. The molecule has 4 atom stereocenters. The highest BCUT2D eigenvalue weighted by atomic mass is 16.5. The molecule has 3 rings (SSSR count). The van der Waals surface area contributed by atoms with Crippen molar-refractivity contribution >= 4 is 5.97 Å². The van der Waals surface area contributed by atoms with Gasteiger partial charge >= 0.3 is 5.97 Å². The fraction of sp³-hybridized carbons (Fsp3) is 0.690. The molecule has 3 aliphatic carbocycles. The van der Waals surface area contributed by atoms with E-state index in [9.17, 15) is 9.90 Å². The van der Waals surface area contributed by atoms with Crippen molar-refractivity contribution in [3.8, 4) is 0 Å². The first-order valence-corrected chi connectivity index (χ1v) is 12.7. The van der Waals surface area contributed by atoms with Crippen LogP contribution in [0.5, 0.6) is 0 Å². The summed E-state index contributed by atoms with van der Waals surface area (Å²) in [7, 11) is 0. The second-order valence-electron chi connectivity index (χ2n) is 11.3. The van der Waals surface area contributed by atoms with Crippen LogP contribution in [0.4, 0.5) is 0 Å². The highest BCUT2D eigenvalue weighted by molar-refractivity contribution is 5.66. The molecule has 0 aliphatic heterocycles. The van der Waals surface area contributed by atoms with E-state index in [1.54, 1.807) is 11.1 Å². The number of carbonyl (C=O) groups excluding carboxylic acids is 1. The van der Waals surface area contributed by atoms with Crippen molar-refractivity contribution in [2.75, 3.05) is 0 Å². The number of fused-ring (bicyclic) bond motifs is 1. The zero-order chi connectivity index (χ0) is 23.5. The Morgan fingerprint density at radius 3 is 2.78 bits per heavy atom. The summed E-state index contributed by atoms with van der Waals surface area (Å²) in [5.74, 6) is 0.952. The molecule has 178 valence electrons. The zero-order valence-corrected chi connectivity index (χ0v) is 21.0. The van der Waals surface area contributed by atoms with Gasteiger partial charge in [0.25, 0.3) is 0 Å². The van der Waals surface area contributed by atoms with Gasteiger partial charge in [-0.3, -0.25) is 4.79 Å². The Balaban J connectivity index is 1.69. The number of esters is 1. The van der Waals surface area contributed by atoms with Crippen LogP contribution in [-0.2, 0) is 9.53 Å². The molecule has 0 aromatic rings. The van der Waals surface area contributed by atoms with Gasteiger partial charge in [-0.2, -0.15) is 0 Å². The second kappa shape index (κ2) is 10.1. The fourth-order valence-electron chi connectivity index (χ4n) is 6.36. The highest BCUT2D eigenvalue weighted by Crippen LogP contribution is 2.57. The highest BCUT2D eigenvalue weighted by Gasteiger charge is 2.45. The van der Waals surface area contributed by atoms with Crippen LogP contribution in [0, 0.1) is 17.3 Å². The van der Waals surface area contributed by atoms with Crippen LogP contribution in [0.3, 0.4) is 0 Å². The van der Waals surface area contributed by atoms with E-state index in [2.05, 4.69) is 38.7 Å². The van der Waals surface area contributed by atoms with E-state index in [1.807, 2.05) is 13.8 Å². The normalized spacial score (nSPS) is 32.1. The Labute approximate surface area is 195 Å². The summed E-state index contributed by atoms with van der Waals surface area (Å²) in [6, 6.07) is 0. The second-order valence-corrected chi connectivity index (χ2v) is 11.3. The van der Waals surface area contributed by atoms with E-state index in [4.69, 9.17) is 4.74 Å². The molecule has 0 amide bonds. The molecule has 0 aromatic heterocycles. The largest absolute Gasteiger partial charge is 0.458 e. The zero-order valence-electron chi connectivity index (χ0n) is 21.0. The minimum Gasteiger partial charge on any atom is -0.458 e. The minimum absolute atomic E-state index is 0.160. The molecule has 32 heavy (non-hydrogen) atoms. The predicted molar refractivity (Wildman–Crippen MR) is 132 cm³/mol. The SMILES string of the molecule is C=C1/C(=C\C=C2/CCCC3(C)C([C@H](C)CCCC(C)(C)O)=CCC23)CCCC1OC(C)=O. The van der Waals surface area contributed by atoms with Crippen LogP contribution >= 0.6 is 0 Å². The summed E-state index contributed by atoms with van der Waals surface area (Å²) < 4.78 is 5.48. The molecule has 0 saturated heterocycles. The summed E-state index contributed by atoms with van der Waals surface area (Å²) >= 11 is 0. The third kappa shape index (κ3) is 5.84. The van der Waals surface area contributed by atoms with Gasteiger partial charge in [-0.25, -0.2) is 0 Å². The maximum Gasteiger partial charge on any atom is 0.303 e. The monoisotopic (exact) mass is 440 g/mol. The summed E-state index contributed by atoms with van der Waals surface area (Å²) in [5.41, 5.74) is 5.14. The van der Waals surface area contributed by atoms with E-state index in [-0.39, 0.29) is 17.5 Å². The molecule has 0 aromatic carbocycles. The van der Waals surface area contributed by atoms with Crippen LogP contribution in [0.25, 0.3) is 0 Å². The number of ether oxygens (including phenoxy) is 1. The average molecular weight is 441 g/mol. The molecule has 2 fully saturated rings.